The summed E-state index contributed by atoms with van der Waals surface area (Å²) < 4.78 is 34.6. The molecule has 0 radical (unpaired) electrons. The summed E-state index contributed by atoms with van der Waals surface area (Å²) in [5, 5.41) is 0. The van der Waals surface area contributed by atoms with Crippen LogP contribution in [0.2, 0.25) is 0 Å². The molecule has 1 N–H and O–H groups in total. The molecule has 9 nitrogen and oxygen atoms in total. The molecule has 84 heavy (non-hydrogen) atoms. The minimum atomic E-state index is -4.40. The number of unbranched alkanes of at least 4 members (excludes halogenated alkanes) is 43. The van der Waals surface area contributed by atoms with Crippen molar-refractivity contribution in [1.82, 2.24) is 0 Å². The fourth-order valence-electron chi connectivity index (χ4n) is 10.6. The van der Waals surface area contributed by atoms with E-state index in [0.29, 0.717) is 17.4 Å². The van der Waals surface area contributed by atoms with Crippen molar-refractivity contribution >= 4 is 19.8 Å². The molecule has 0 saturated heterocycles. The van der Waals surface area contributed by atoms with Gasteiger partial charge in [0.1, 0.15) is 19.8 Å². The molecule has 492 valence electrons. The summed E-state index contributed by atoms with van der Waals surface area (Å²) in [4.78, 5) is 35.8. The lowest BCUT2D eigenvalue weighted by molar-refractivity contribution is -0.870. The summed E-state index contributed by atoms with van der Waals surface area (Å²) in [6.45, 7) is 4.32. The highest BCUT2D eigenvalue weighted by molar-refractivity contribution is 7.47. The van der Waals surface area contributed by atoms with Crippen molar-refractivity contribution in [1.29, 1.82) is 0 Å². The highest BCUT2D eigenvalue weighted by atomic mass is 31.2. The summed E-state index contributed by atoms with van der Waals surface area (Å²) in [5.41, 5.74) is 0. The molecule has 0 saturated carbocycles. The summed E-state index contributed by atoms with van der Waals surface area (Å²) in [5.74, 6) is -0.824. The molecule has 0 aromatic heterocycles. The minimum Gasteiger partial charge on any atom is -0.462 e. The number of carbonyl (C=O) groups excluding carboxylic acids is 2. The van der Waals surface area contributed by atoms with Gasteiger partial charge in [-0.2, -0.15) is 0 Å². The largest absolute Gasteiger partial charge is 0.472 e. The molecule has 0 amide bonds. The van der Waals surface area contributed by atoms with Crippen molar-refractivity contribution in [2.45, 2.75) is 354 Å². The van der Waals surface area contributed by atoms with Crippen LogP contribution in [0.1, 0.15) is 348 Å². The first-order valence-corrected chi connectivity index (χ1v) is 37.5. The maximum Gasteiger partial charge on any atom is 0.472 e. The molecule has 0 aromatic carbocycles. The van der Waals surface area contributed by atoms with Gasteiger partial charge in [-0.15, -0.1) is 0 Å². The lowest BCUT2D eigenvalue weighted by Crippen LogP contribution is -2.37. The molecule has 0 aliphatic carbocycles. The quantitative estimate of drug-likeness (QED) is 0.0211. The van der Waals surface area contributed by atoms with Crippen molar-refractivity contribution in [3.63, 3.8) is 0 Å². The number of allylic oxidation sites excluding steroid dienone is 10. The standard InChI is InChI=1S/C74H138NO8P/c1-6-8-10-12-14-16-18-20-22-24-26-27-28-29-30-31-32-33-34-35-36-37-38-39-40-41-42-43-44-45-46-47-49-50-52-54-56-58-60-62-64-66-73(76)80-70-72(71-82-84(78,79)81-69-68-75(3,4)5)83-74(77)67-65-63-61-59-57-55-53-51-48-25-23-21-19-17-15-13-11-9-7-2/h9,11,15,17,21,23,48,51,55,57,72H,6-8,10,12-14,16,18-20,22,24-47,49-50,52-54,56,58-71H2,1-5H3/p+1/b11-9-,17-15-,23-21-,51-48-,57-55-. The van der Waals surface area contributed by atoms with Crippen molar-refractivity contribution in [3.8, 4) is 0 Å². The van der Waals surface area contributed by atoms with Gasteiger partial charge in [0.15, 0.2) is 6.10 Å². The molecule has 10 heteroatoms. The van der Waals surface area contributed by atoms with Crippen LogP contribution >= 0.6 is 7.82 Å². The molecular weight excluding hydrogens is 1060 g/mol. The van der Waals surface area contributed by atoms with Crippen LogP contribution in [0, 0.1) is 0 Å². The van der Waals surface area contributed by atoms with E-state index in [-0.39, 0.29) is 32.0 Å². The van der Waals surface area contributed by atoms with E-state index < -0.39 is 26.5 Å². The lowest BCUT2D eigenvalue weighted by Gasteiger charge is -2.24. The fraction of sp³-hybridized carbons (Fsp3) is 0.838. The van der Waals surface area contributed by atoms with Gasteiger partial charge < -0.3 is 18.9 Å². The number of phosphoric ester groups is 1. The molecule has 0 aliphatic heterocycles. The predicted octanol–water partition coefficient (Wildman–Crippen LogP) is 23.4. The van der Waals surface area contributed by atoms with Gasteiger partial charge in [-0.3, -0.25) is 18.6 Å². The molecule has 2 atom stereocenters. The molecular formula is C74H139NO8P+. The maximum atomic E-state index is 12.8. The van der Waals surface area contributed by atoms with Gasteiger partial charge >= 0.3 is 19.8 Å². The van der Waals surface area contributed by atoms with E-state index in [4.69, 9.17) is 18.5 Å². The smallest absolute Gasteiger partial charge is 0.462 e. The third-order valence-corrected chi connectivity index (χ3v) is 17.0. The first kappa shape index (κ1) is 81.7. The number of quaternary nitrogens is 1. The number of hydrogen-bond acceptors (Lipinski definition) is 7. The molecule has 0 aromatic rings. The van der Waals surface area contributed by atoms with Crippen molar-refractivity contribution in [3.05, 3.63) is 60.8 Å². The zero-order chi connectivity index (χ0) is 61.2. The van der Waals surface area contributed by atoms with Crippen LogP contribution in [0.4, 0.5) is 0 Å². The van der Waals surface area contributed by atoms with Gasteiger partial charge in [0.2, 0.25) is 0 Å². The fourth-order valence-corrected chi connectivity index (χ4v) is 11.3. The molecule has 0 fully saturated rings. The van der Waals surface area contributed by atoms with E-state index in [2.05, 4.69) is 74.6 Å². The van der Waals surface area contributed by atoms with Crippen molar-refractivity contribution < 1.29 is 42.1 Å². The zero-order valence-electron chi connectivity index (χ0n) is 56.1. The summed E-state index contributed by atoms with van der Waals surface area (Å²) >= 11 is 0. The molecule has 0 aliphatic rings. The maximum absolute atomic E-state index is 12.8. The van der Waals surface area contributed by atoms with Gasteiger partial charge in [0.05, 0.1) is 27.7 Å². The molecule has 0 heterocycles. The van der Waals surface area contributed by atoms with Crippen LogP contribution in [0.25, 0.3) is 0 Å². The van der Waals surface area contributed by atoms with Crippen LogP contribution < -0.4 is 0 Å². The van der Waals surface area contributed by atoms with Gasteiger partial charge in [0.25, 0.3) is 0 Å². The Kier molecular flexibility index (Phi) is 63.4. The van der Waals surface area contributed by atoms with Crippen LogP contribution in [-0.4, -0.2) is 74.9 Å². The van der Waals surface area contributed by atoms with E-state index in [9.17, 15) is 19.0 Å². The number of likely N-dealkylation sites (N-methyl/N-ethyl adjacent to an activating group) is 1. The zero-order valence-corrected chi connectivity index (χ0v) is 57.0. The molecule has 0 rings (SSSR count). The first-order valence-electron chi connectivity index (χ1n) is 36.0. The number of esters is 2. The Morgan fingerprint density at radius 3 is 1.01 bits per heavy atom. The van der Waals surface area contributed by atoms with Gasteiger partial charge in [-0.05, 0) is 57.8 Å². The minimum absolute atomic E-state index is 0.0240. The number of nitrogens with zero attached hydrogens (tertiary/aromatic N) is 1. The second-order valence-corrected chi connectivity index (χ2v) is 27.1. The Labute approximate surface area is 521 Å². The molecule has 0 bridgehead atoms. The number of phosphoric acid groups is 1. The Bertz CT molecular complexity index is 1600. The van der Waals surface area contributed by atoms with Gasteiger partial charge in [-0.1, -0.05) is 338 Å². The topological polar surface area (TPSA) is 108 Å². The van der Waals surface area contributed by atoms with Crippen LogP contribution in [0.3, 0.4) is 0 Å². The van der Waals surface area contributed by atoms with E-state index in [1.165, 1.54) is 244 Å². The van der Waals surface area contributed by atoms with Crippen LogP contribution in [0.15, 0.2) is 60.8 Å². The second-order valence-electron chi connectivity index (χ2n) is 25.6. The Morgan fingerprint density at radius 1 is 0.381 bits per heavy atom. The lowest BCUT2D eigenvalue weighted by atomic mass is 10.0. The number of ether oxygens (including phenoxy) is 2. The average Bonchev–Trinajstić information content (AvgIpc) is 3.61. The van der Waals surface area contributed by atoms with Gasteiger partial charge in [0, 0.05) is 12.8 Å². The van der Waals surface area contributed by atoms with Crippen molar-refractivity contribution in [2.75, 3.05) is 47.5 Å². The number of hydrogen-bond donors (Lipinski definition) is 1. The summed E-state index contributed by atoms with van der Waals surface area (Å²) in [6.07, 6.45) is 86.6. The predicted molar refractivity (Wildman–Crippen MR) is 363 cm³/mol. The Morgan fingerprint density at radius 2 is 0.679 bits per heavy atom. The van der Waals surface area contributed by atoms with E-state index in [1.54, 1.807) is 0 Å². The van der Waals surface area contributed by atoms with Gasteiger partial charge in [-0.25, -0.2) is 4.57 Å². The van der Waals surface area contributed by atoms with Crippen molar-refractivity contribution in [2.24, 2.45) is 0 Å². The summed E-state index contributed by atoms with van der Waals surface area (Å²) in [7, 11) is 1.46. The van der Waals surface area contributed by atoms with E-state index in [1.807, 2.05) is 21.1 Å². The first-order chi connectivity index (χ1) is 41.0. The molecule has 0 spiro atoms. The third kappa shape index (κ3) is 68.8. The monoisotopic (exact) mass is 1200 g/mol. The van der Waals surface area contributed by atoms with Crippen LogP contribution in [-0.2, 0) is 32.7 Å². The Hall–Kier alpha value is -2.29. The molecule has 2 unspecified atom stereocenters. The number of carbonyl (C=O) groups is 2. The highest BCUT2D eigenvalue weighted by Crippen LogP contribution is 2.43. The second kappa shape index (κ2) is 65.2. The average molecular weight is 1200 g/mol. The Balaban J connectivity index is 3.88. The number of rotatable bonds is 67. The highest BCUT2D eigenvalue weighted by Gasteiger charge is 2.27. The van der Waals surface area contributed by atoms with E-state index >= 15 is 0 Å². The third-order valence-electron chi connectivity index (χ3n) is 16.1. The summed E-state index contributed by atoms with van der Waals surface area (Å²) in [6, 6.07) is 0. The SMILES string of the molecule is CC/C=C\C/C=C\C/C=C\C/C=C\C/C=C\CCCCCC(=O)OC(COC(=O)CCCCCCCCCCCCCCCCCCCCCCCCCCCCCCCCCCCCCCCCCCC)COP(=O)(O)OCC[N+](C)(C)C. The normalized spacial score (nSPS) is 13.5. The van der Waals surface area contributed by atoms with Crippen LogP contribution in [0.5, 0.6) is 0 Å². The van der Waals surface area contributed by atoms with E-state index in [0.717, 1.165) is 70.6 Å².